The highest BCUT2D eigenvalue weighted by molar-refractivity contribution is 6.09. The Labute approximate surface area is 366 Å². The number of furan rings is 1. The molecule has 63 heavy (non-hydrogen) atoms. The van der Waals surface area contributed by atoms with E-state index in [1.54, 1.807) is 0 Å². The highest BCUT2D eigenvalue weighted by Crippen LogP contribution is 2.40. The van der Waals surface area contributed by atoms with Crippen LogP contribution in [0.2, 0.25) is 0 Å². The van der Waals surface area contributed by atoms with Crippen LogP contribution in [0.15, 0.2) is 247 Å². The molecule has 0 unspecified atom stereocenters. The molecule has 0 aliphatic carbocycles. The Morgan fingerprint density at radius 3 is 1.41 bits per heavy atom. The molecular formula is C60H40N2O. The lowest BCUT2D eigenvalue weighted by Crippen LogP contribution is -2.10. The fraction of sp³-hybridized carbons (Fsp3) is 0. The molecule has 0 aliphatic rings. The molecule has 0 spiro atoms. The van der Waals surface area contributed by atoms with E-state index in [1.807, 2.05) is 12.1 Å². The van der Waals surface area contributed by atoms with Crippen LogP contribution in [0.5, 0.6) is 0 Å². The molecule has 10 aromatic carbocycles. The van der Waals surface area contributed by atoms with Gasteiger partial charge in [0, 0.05) is 44.3 Å². The molecule has 12 aromatic rings. The zero-order valence-corrected chi connectivity index (χ0v) is 34.4. The van der Waals surface area contributed by atoms with Gasteiger partial charge in [-0.1, -0.05) is 158 Å². The van der Waals surface area contributed by atoms with E-state index in [9.17, 15) is 0 Å². The molecule has 3 nitrogen and oxygen atoms in total. The van der Waals surface area contributed by atoms with Crippen LogP contribution >= 0.6 is 0 Å². The Morgan fingerprint density at radius 1 is 0.270 bits per heavy atom. The lowest BCUT2D eigenvalue weighted by molar-refractivity contribution is 0.669. The quantitative estimate of drug-likeness (QED) is 0.153. The zero-order chi connectivity index (χ0) is 41.7. The summed E-state index contributed by atoms with van der Waals surface area (Å²) in [6.45, 7) is 0. The van der Waals surface area contributed by atoms with Crippen molar-refractivity contribution in [2.24, 2.45) is 0 Å². The number of benzene rings is 10. The molecule has 0 amide bonds. The summed E-state index contributed by atoms with van der Waals surface area (Å²) in [5.41, 5.74) is 17.9. The summed E-state index contributed by atoms with van der Waals surface area (Å²) in [5, 5.41) is 4.81. The van der Waals surface area contributed by atoms with Gasteiger partial charge in [-0.05, 0) is 129 Å². The number of rotatable bonds is 8. The van der Waals surface area contributed by atoms with E-state index in [0.717, 1.165) is 72.5 Å². The number of hydrogen-bond acceptors (Lipinski definition) is 2. The van der Waals surface area contributed by atoms with Crippen LogP contribution in [0.4, 0.5) is 17.1 Å². The van der Waals surface area contributed by atoms with Gasteiger partial charge in [0.25, 0.3) is 0 Å². The van der Waals surface area contributed by atoms with Crippen molar-refractivity contribution in [3.05, 3.63) is 243 Å². The fourth-order valence-corrected chi connectivity index (χ4v) is 9.32. The maximum atomic E-state index is 6.24. The van der Waals surface area contributed by atoms with Gasteiger partial charge in [-0.25, -0.2) is 0 Å². The molecule has 296 valence electrons. The van der Waals surface area contributed by atoms with Crippen LogP contribution in [0.25, 0.3) is 93.9 Å². The first-order valence-corrected chi connectivity index (χ1v) is 21.5. The second-order valence-corrected chi connectivity index (χ2v) is 16.2. The summed E-state index contributed by atoms with van der Waals surface area (Å²) < 4.78 is 8.62. The highest BCUT2D eigenvalue weighted by atomic mass is 16.3. The summed E-state index contributed by atoms with van der Waals surface area (Å²) in [6.07, 6.45) is 0. The molecule has 0 N–H and O–H groups in total. The molecule has 0 aliphatic heterocycles. The average molecular weight is 805 g/mol. The van der Waals surface area contributed by atoms with Crippen LogP contribution in [0, 0.1) is 0 Å². The molecule has 0 saturated heterocycles. The third-order valence-electron chi connectivity index (χ3n) is 12.4. The third kappa shape index (κ3) is 6.55. The van der Waals surface area contributed by atoms with Gasteiger partial charge < -0.3 is 13.9 Å². The molecule has 2 heterocycles. The summed E-state index contributed by atoms with van der Waals surface area (Å²) in [4.78, 5) is 2.35. The van der Waals surface area contributed by atoms with E-state index >= 15 is 0 Å². The molecule has 2 aromatic heterocycles. The van der Waals surface area contributed by atoms with E-state index < -0.39 is 0 Å². The summed E-state index contributed by atoms with van der Waals surface area (Å²) >= 11 is 0. The number of fused-ring (bicyclic) bond motifs is 6. The fourth-order valence-electron chi connectivity index (χ4n) is 9.32. The van der Waals surface area contributed by atoms with Gasteiger partial charge in [-0.3, -0.25) is 0 Å². The normalized spacial score (nSPS) is 11.5. The minimum Gasteiger partial charge on any atom is -0.456 e. The maximum absolute atomic E-state index is 6.24. The van der Waals surface area contributed by atoms with Crippen molar-refractivity contribution in [2.75, 3.05) is 4.90 Å². The lowest BCUT2D eigenvalue weighted by atomic mass is 9.98. The number of nitrogens with zero attached hydrogens (tertiary/aromatic N) is 2. The summed E-state index contributed by atoms with van der Waals surface area (Å²) in [7, 11) is 0. The van der Waals surface area contributed by atoms with Gasteiger partial charge in [0.2, 0.25) is 0 Å². The molecule has 12 rings (SSSR count). The van der Waals surface area contributed by atoms with Crippen molar-refractivity contribution in [2.45, 2.75) is 0 Å². The molecule has 0 radical (unpaired) electrons. The first kappa shape index (κ1) is 36.5. The Morgan fingerprint density at radius 2 is 0.730 bits per heavy atom. The molecule has 0 atom stereocenters. The standard InChI is InChI=1S/C60H40N2O/c1-2-13-41(14-3-1)46-17-11-19-51(38-46)61(49-32-27-42(28-33-49)44-15-10-16-45(37-44)48-31-36-56-55-23-6-9-26-59(55)63-60(56)40-48)50-34-29-43(30-35-50)47-18-12-20-52(39-47)62-57-24-7-4-21-53(57)54-22-5-8-25-58(54)62/h1-40H. The van der Waals surface area contributed by atoms with Crippen molar-refractivity contribution in [3.63, 3.8) is 0 Å². The van der Waals surface area contributed by atoms with Crippen molar-refractivity contribution in [1.29, 1.82) is 0 Å². The third-order valence-corrected chi connectivity index (χ3v) is 12.4. The van der Waals surface area contributed by atoms with Crippen molar-refractivity contribution >= 4 is 60.8 Å². The van der Waals surface area contributed by atoms with Gasteiger partial charge in [0.15, 0.2) is 0 Å². The van der Waals surface area contributed by atoms with Gasteiger partial charge in [-0.15, -0.1) is 0 Å². The number of para-hydroxylation sites is 3. The molecular weight excluding hydrogens is 765 g/mol. The topological polar surface area (TPSA) is 21.3 Å². The largest absolute Gasteiger partial charge is 0.456 e. The number of aromatic nitrogens is 1. The summed E-state index contributed by atoms with van der Waals surface area (Å²) in [6, 6.07) is 87.1. The zero-order valence-electron chi connectivity index (χ0n) is 34.4. The van der Waals surface area contributed by atoms with Crippen LogP contribution in [-0.4, -0.2) is 4.57 Å². The SMILES string of the molecule is c1ccc(-c2cccc(N(c3ccc(-c4cccc(-c5ccc6c(c5)oc5ccccc56)c4)cc3)c3ccc(-c4cccc(-n5c6ccccc6c6ccccc65)c4)cc3)c2)cc1. The number of anilines is 3. The van der Waals surface area contributed by atoms with E-state index in [4.69, 9.17) is 4.42 Å². The van der Waals surface area contributed by atoms with Crippen LogP contribution in [-0.2, 0) is 0 Å². The minimum absolute atomic E-state index is 0.904. The van der Waals surface area contributed by atoms with Crippen LogP contribution in [0.3, 0.4) is 0 Å². The molecule has 0 fully saturated rings. The monoisotopic (exact) mass is 804 g/mol. The minimum atomic E-state index is 0.904. The predicted octanol–water partition coefficient (Wildman–Crippen LogP) is 16.8. The van der Waals surface area contributed by atoms with Crippen molar-refractivity contribution in [1.82, 2.24) is 4.57 Å². The second-order valence-electron chi connectivity index (χ2n) is 16.2. The Bertz CT molecular complexity index is 3560. The predicted molar refractivity (Wildman–Crippen MR) is 264 cm³/mol. The molecule has 0 saturated carbocycles. The van der Waals surface area contributed by atoms with Crippen molar-refractivity contribution < 1.29 is 4.42 Å². The van der Waals surface area contributed by atoms with Crippen molar-refractivity contribution in [3.8, 4) is 50.2 Å². The highest BCUT2D eigenvalue weighted by Gasteiger charge is 2.16. The summed E-state index contributed by atoms with van der Waals surface area (Å²) in [5.74, 6) is 0. The van der Waals surface area contributed by atoms with E-state index in [0.29, 0.717) is 0 Å². The second kappa shape index (κ2) is 15.3. The average Bonchev–Trinajstić information content (AvgIpc) is 3.91. The van der Waals surface area contributed by atoms with E-state index in [2.05, 4.69) is 240 Å². The van der Waals surface area contributed by atoms with Crippen LogP contribution in [0.1, 0.15) is 0 Å². The lowest BCUT2D eigenvalue weighted by Gasteiger charge is -2.26. The first-order chi connectivity index (χ1) is 31.2. The van der Waals surface area contributed by atoms with Crippen LogP contribution < -0.4 is 4.90 Å². The smallest absolute Gasteiger partial charge is 0.136 e. The Kier molecular flexibility index (Phi) is 8.83. The van der Waals surface area contributed by atoms with Gasteiger partial charge >= 0.3 is 0 Å². The first-order valence-electron chi connectivity index (χ1n) is 21.5. The Hall–Kier alpha value is -8.40. The van der Waals surface area contributed by atoms with Gasteiger partial charge in [0.05, 0.1) is 11.0 Å². The van der Waals surface area contributed by atoms with Gasteiger partial charge in [-0.2, -0.15) is 0 Å². The molecule has 3 heteroatoms. The maximum Gasteiger partial charge on any atom is 0.136 e. The Balaban J connectivity index is 0.896. The van der Waals surface area contributed by atoms with E-state index in [-0.39, 0.29) is 0 Å². The van der Waals surface area contributed by atoms with Gasteiger partial charge in [0.1, 0.15) is 11.2 Å². The van der Waals surface area contributed by atoms with E-state index in [1.165, 1.54) is 38.5 Å². The number of hydrogen-bond donors (Lipinski definition) is 0. The molecule has 0 bridgehead atoms.